The third-order valence-corrected chi connectivity index (χ3v) is 13.1. The molecule has 3 heterocycles. The van der Waals surface area contributed by atoms with E-state index in [1.165, 1.54) is 0 Å². The number of ether oxygens (including phenoxy) is 5. The number of cyclic esters (lactones) is 1. The molecule has 14 heteroatoms. The predicted octanol–water partition coefficient (Wildman–Crippen LogP) is -1.01. The Bertz CT molecular complexity index is 1320. The number of aliphatic hydroxyl groups is 7. The molecule has 7 rings (SSSR count). The van der Waals surface area contributed by atoms with E-state index in [2.05, 4.69) is 6.92 Å². The van der Waals surface area contributed by atoms with Crippen molar-refractivity contribution < 1.29 is 69.0 Å². The van der Waals surface area contributed by atoms with Crippen LogP contribution in [0.1, 0.15) is 58.3 Å². The summed E-state index contributed by atoms with van der Waals surface area (Å²) in [5, 5.41) is 74.0. The van der Waals surface area contributed by atoms with Crippen LogP contribution in [0.15, 0.2) is 23.3 Å². The number of aldehydes is 1. The van der Waals surface area contributed by atoms with Crippen molar-refractivity contribution in [1.82, 2.24) is 0 Å². The molecule has 7 aliphatic rings. The molecule has 2 saturated heterocycles. The van der Waals surface area contributed by atoms with Gasteiger partial charge in [-0.3, -0.25) is 0 Å². The summed E-state index contributed by atoms with van der Waals surface area (Å²) in [6, 6.07) is 0. The smallest absolute Gasteiger partial charge is 0.331 e. The monoisotopic (exact) mass is 680 g/mol. The number of aliphatic hydroxyl groups excluding tert-OH is 6. The minimum Gasteiger partial charge on any atom is -0.458 e. The average molecular weight is 681 g/mol. The highest BCUT2D eigenvalue weighted by molar-refractivity contribution is 5.85. The Morgan fingerprint density at radius 2 is 1.69 bits per heavy atom. The standard InChI is InChI=1S/C34H48O14/c1-32-7-5-20-21(34(32,43)9-6-19(32)16-10-24(37)44-13-16)3-2-17-11-18(4-8-33(17,20)15-36)46-30-28(41)26(39)23(14-45-30)48-31-29(42)27(40)25(38)22(12-35)47-31/h10-11,15,18-23,25-31,35,38-43H,2-9,12-14H2,1H3/t18-,19?,20-,21+,22?,23?,25?,26?,27?,28?,29?,30?,31?,32+,33+,34-/m0/s1. The van der Waals surface area contributed by atoms with Gasteiger partial charge in [-0.15, -0.1) is 0 Å². The summed E-state index contributed by atoms with van der Waals surface area (Å²) in [6.07, 6.45) is -3.81. The molecule has 4 aliphatic carbocycles. The molecule has 0 aromatic heterocycles. The fourth-order valence-electron chi connectivity index (χ4n) is 10.4. The molecule has 0 bridgehead atoms. The van der Waals surface area contributed by atoms with Crippen LogP contribution in [-0.2, 0) is 33.3 Å². The van der Waals surface area contributed by atoms with Crippen molar-refractivity contribution in [3.8, 4) is 0 Å². The van der Waals surface area contributed by atoms with Crippen molar-refractivity contribution in [2.24, 2.45) is 28.6 Å². The zero-order valence-corrected chi connectivity index (χ0v) is 27.0. The Morgan fingerprint density at radius 1 is 0.917 bits per heavy atom. The molecule has 0 radical (unpaired) electrons. The largest absolute Gasteiger partial charge is 0.458 e. The Kier molecular flexibility index (Phi) is 9.19. The summed E-state index contributed by atoms with van der Waals surface area (Å²) >= 11 is 0. The van der Waals surface area contributed by atoms with Gasteiger partial charge >= 0.3 is 5.97 Å². The first-order chi connectivity index (χ1) is 22.9. The molecule has 0 aromatic carbocycles. The SMILES string of the molecule is C[C@]12CC[C@H]3[C@@H](CCC4=C[C@@H](OC5OCC(OC6OC(CO)C(O)C(O)C6O)C(O)C5O)CC[C@@]43C=O)[C@@]1(O)CCC2C1=CC(=O)OC1. The highest BCUT2D eigenvalue weighted by Gasteiger charge is 2.68. The Labute approximate surface area is 278 Å². The van der Waals surface area contributed by atoms with Crippen LogP contribution in [-0.4, -0.2) is 135 Å². The van der Waals surface area contributed by atoms with Crippen LogP contribution in [0.25, 0.3) is 0 Å². The van der Waals surface area contributed by atoms with E-state index in [1.54, 1.807) is 6.08 Å². The highest BCUT2D eigenvalue weighted by atomic mass is 16.7. The van der Waals surface area contributed by atoms with Gasteiger partial charge in [0.2, 0.25) is 0 Å². The molecule has 5 fully saturated rings. The molecule has 16 atom stereocenters. The second-order valence-electron chi connectivity index (χ2n) is 15.2. The number of hydrogen-bond donors (Lipinski definition) is 7. The molecule has 7 N–H and O–H groups in total. The molecule has 0 aromatic rings. The van der Waals surface area contributed by atoms with Crippen LogP contribution in [0.5, 0.6) is 0 Å². The van der Waals surface area contributed by atoms with E-state index in [0.29, 0.717) is 32.1 Å². The van der Waals surface area contributed by atoms with Gasteiger partial charge in [-0.05, 0) is 74.7 Å². The van der Waals surface area contributed by atoms with Crippen molar-refractivity contribution in [1.29, 1.82) is 0 Å². The van der Waals surface area contributed by atoms with Crippen LogP contribution in [0.4, 0.5) is 0 Å². The van der Waals surface area contributed by atoms with Crippen LogP contribution >= 0.6 is 0 Å². The summed E-state index contributed by atoms with van der Waals surface area (Å²) in [5.41, 5.74) is -0.200. The lowest BCUT2D eigenvalue weighted by atomic mass is 9.45. The van der Waals surface area contributed by atoms with Gasteiger partial charge in [0.25, 0.3) is 0 Å². The first-order valence-electron chi connectivity index (χ1n) is 17.2. The van der Waals surface area contributed by atoms with Gasteiger partial charge in [-0.2, -0.15) is 0 Å². The molecule has 3 aliphatic heterocycles. The van der Waals surface area contributed by atoms with E-state index in [4.69, 9.17) is 23.7 Å². The zero-order valence-electron chi connectivity index (χ0n) is 27.0. The number of fused-ring (bicyclic) bond motifs is 5. The van der Waals surface area contributed by atoms with Crippen LogP contribution in [0.2, 0.25) is 0 Å². The van der Waals surface area contributed by atoms with Crippen molar-refractivity contribution >= 4 is 12.3 Å². The van der Waals surface area contributed by atoms with E-state index in [1.807, 2.05) is 6.08 Å². The van der Waals surface area contributed by atoms with Crippen molar-refractivity contribution in [3.05, 3.63) is 23.3 Å². The topological polar surface area (TPSA) is 222 Å². The van der Waals surface area contributed by atoms with E-state index in [9.17, 15) is 45.3 Å². The number of carbonyl (C=O) groups is 2. The van der Waals surface area contributed by atoms with E-state index < -0.39 is 84.4 Å². The number of rotatable bonds is 7. The second-order valence-corrected chi connectivity index (χ2v) is 15.2. The van der Waals surface area contributed by atoms with Gasteiger partial charge in [0, 0.05) is 11.5 Å². The van der Waals surface area contributed by atoms with Gasteiger partial charge in [0.05, 0.1) is 30.3 Å². The van der Waals surface area contributed by atoms with Gasteiger partial charge < -0.3 is 64.2 Å². The van der Waals surface area contributed by atoms with E-state index >= 15 is 0 Å². The van der Waals surface area contributed by atoms with Crippen molar-refractivity contribution in [2.75, 3.05) is 19.8 Å². The van der Waals surface area contributed by atoms with Crippen LogP contribution in [0.3, 0.4) is 0 Å². The fraction of sp³-hybridized carbons (Fsp3) is 0.824. The molecule has 268 valence electrons. The molecule has 14 nitrogen and oxygen atoms in total. The zero-order chi connectivity index (χ0) is 34.2. The number of esters is 1. The predicted molar refractivity (Wildman–Crippen MR) is 161 cm³/mol. The number of hydrogen-bond acceptors (Lipinski definition) is 14. The van der Waals surface area contributed by atoms with Gasteiger partial charge in [0.1, 0.15) is 55.6 Å². The summed E-state index contributed by atoms with van der Waals surface area (Å²) in [7, 11) is 0. The van der Waals surface area contributed by atoms with Crippen molar-refractivity contribution in [3.63, 3.8) is 0 Å². The lowest BCUT2D eigenvalue weighted by Gasteiger charge is -2.61. The summed E-state index contributed by atoms with van der Waals surface area (Å²) < 4.78 is 28.1. The average Bonchev–Trinajstić information content (AvgIpc) is 3.63. The van der Waals surface area contributed by atoms with E-state index in [0.717, 1.165) is 36.7 Å². The molecule has 0 amide bonds. The normalized spacial score (nSPS) is 52.0. The minimum absolute atomic E-state index is 0.0399. The molecule has 3 saturated carbocycles. The Morgan fingerprint density at radius 3 is 2.40 bits per heavy atom. The fourth-order valence-corrected chi connectivity index (χ4v) is 10.4. The quantitative estimate of drug-likeness (QED) is 0.0974. The van der Waals surface area contributed by atoms with E-state index in [-0.39, 0.29) is 36.9 Å². The lowest BCUT2D eigenvalue weighted by Crippen LogP contribution is -2.62. The maximum atomic E-state index is 13.0. The first-order valence-corrected chi connectivity index (χ1v) is 17.2. The summed E-state index contributed by atoms with van der Waals surface area (Å²) in [5.74, 6) is -0.380. The molecule has 0 spiro atoms. The third-order valence-electron chi connectivity index (χ3n) is 13.1. The third kappa shape index (κ3) is 5.26. The maximum absolute atomic E-state index is 13.0. The maximum Gasteiger partial charge on any atom is 0.331 e. The van der Waals surface area contributed by atoms with Crippen molar-refractivity contribution in [2.45, 2.75) is 125 Å². The molecule has 10 unspecified atom stereocenters. The number of carbonyl (C=O) groups excluding carboxylic acids is 2. The molecular formula is C34H48O14. The van der Waals surface area contributed by atoms with Crippen LogP contribution in [0, 0.1) is 28.6 Å². The molecular weight excluding hydrogens is 632 g/mol. The first kappa shape index (κ1) is 34.6. The summed E-state index contributed by atoms with van der Waals surface area (Å²) in [4.78, 5) is 24.9. The summed E-state index contributed by atoms with van der Waals surface area (Å²) in [6.45, 7) is 1.52. The van der Waals surface area contributed by atoms with Gasteiger partial charge in [0.15, 0.2) is 12.6 Å². The number of allylic oxidation sites excluding steroid dienone is 1. The second kappa shape index (κ2) is 12.7. The highest BCUT2D eigenvalue weighted by Crippen LogP contribution is 2.69. The Hall–Kier alpha value is -1.82. The van der Waals surface area contributed by atoms with Gasteiger partial charge in [-0.25, -0.2) is 4.79 Å². The van der Waals surface area contributed by atoms with Crippen LogP contribution < -0.4 is 0 Å². The molecule has 48 heavy (non-hydrogen) atoms. The Balaban J connectivity index is 1.01. The lowest BCUT2D eigenvalue weighted by molar-refractivity contribution is -0.345. The minimum atomic E-state index is -1.68. The van der Waals surface area contributed by atoms with Gasteiger partial charge in [-0.1, -0.05) is 18.6 Å².